The van der Waals surface area contributed by atoms with Gasteiger partial charge in [0.15, 0.2) is 0 Å². The molecular formula is C19H17F3N4O3S. The molecule has 0 spiro atoms. The molecule has 30 heavy (non-hydrogen) atoms. The Kier molecular flexibility index (Phi) is 5.68. The average molecular weight is 438 g/mol. The maximum atomic E-state index is 12.8. The van der Waals surface area contributed by atoms with Crippen molar-refractivity contribution in [3.8, 4) is 5.69 Å². The average Bonchev–Trinajstić information content (AvgIpc) is 3.11. The zero-order valence-corrected chi connectivity index (χ0v) is 16.5. The van der Waals surface area contributed by atoms with Gasteiger partial charge in [-0.25, -0.2) is 18.2 Å². The van der Waals surface area contributed by atoms with E-state index >= 15 is 0 Å². The summed E-state index contributed by atoms with van der Waals surface area (Å²) in [7, 11) is -4.32. The topological polar surface area (TPSA) is 107 Å². The number of primary sulfonamides is 1. The lowest BCUT2D eigenvalue weighted by Crippen LogP contribution is -2.18. The van der Waals surface area contributed by atoms with Crippen molar-refractivity contribution >= 4 is 21.6 Å². The lowest BCUT2D eigenvalue weighted by molar-refractivity contribution is -0.137. The Labute approximate surface area is 170 Å². The number of hydrogen-bond acceptors (Lipinski definition) is 4. The molecule has 3 rings (SSSR count). The van der Waals surface area contributed by atoms with Crippen molar-refractivity contribution in [2.24, 2.45) is 5.14 Å². The van der Waals surface area contributed by atoms with Gasteiger partial charge in [-0.05, 0) is 30.7 Å². The predicted octanol–water partition coefficient (Wildman–Crippen LogP) is 3.03. The molecule has 158 valence electrons. The Morgan fingerprint density at radius 1 is 1.20 bits per heavy atom. The van der Waals surface area contributed by atoms with Gasteiger partial charge in [0.05, 0.1) is 23.9 Å². The fourth-order valence-electron chi connectivity index (χ4n) is 2.82. The van der Waals surface area contributed by atoms with Crippen LogP contribution < -0.4 is 10.5 Å². The number of carbonyl (C=O) groups is 1. The number of rotatable bonds is 5. The number of carbonyl (C=O) groups excluding carboxylic acids is 1. The van der Waals surface area contributed by atoms with Gasteiger partial charge in [-0.2, -0.15) is 18.3 Å². The highest BCUT2D eigenvalue weighted by Crippen LogP contribution is 2.30. The highest BCUT2D eigenvalue weighted by atomic mass is 32.2. The molecule has 0 bridgehead atoms. The molecule has 0 aliphatic rings. The zero-order valence-electron chi connectivity index (χ0n) is 15.6. The maximum absolute atomic E-state index is 12.8. The molecule has 3 N–H and O–H groups in total. The molecule has 0 fully saturated rings. The van der Waals surface area contributed by atoms with Crippen LogP contribution in [0.4, 0.5) is 18.9 Å². The van der Waals surface area contributed by atoms with Crippen molar-refractivity contribution in [2.45, 2.75) is 24.4 Å². The third-order valence-electron chi connectivity index (χ3n) is 4.15. The van der Waals surface area contributed by atoms with Gasteiger partial charge in [0.1, 0.15) is 4.90 Å². The van der Waals surface area contributed by atoms with Gasteiger partial charge in [0.25, 0.3) is 0 Å². The van der Waals surface area contributed by atoms with Crippen molar-refractivity contribution < 1.29 is 26.4 Å². The minimum Gasteiger partial charge on any atom is -0.326 e. The smallest absolute Gasteiger partial charge is 0.326 e. The van der Waals surface area contributed by atoms with Crippen LogP contribution in [0.3, 0.4) is 0 Å². The van der Waals surface area contributed by atoms with Crippen LogP contribution >= 0.6 is 0 Å². The number of alkyl halides is 3. The number of aromatic nitrogens is 2. The van der Waals surface area contributed by atoms with Crippen LogP contribution in [0, 0.1) is 6.92 Å². The lowest BCUT2D eigenvalue weighted by Gasteiger charge is -2.12. The zero-order chi connectivity index (χ0) is 22.1. The van der Waals surface area contributed by atoms with Crippen molar-refractivity contribution in [1.29, 1.82) is 0 Å². The number of halogens is 3. The molecule has 0 aliphatic heterocycles. The van der Waals surface area contributed by atoms with Gasteiger partial charge in [0, 0.05) is 11.9 Å². The summed E-state index contributed by atoms with van der Waals surface area (Å²) in [5, 5.41) is 11.4. The summed E-state index contributed by atoms with van der Waals surface area (Å²) < 4.78 is 63.2. The van der Waals surface area contributed by atoms with E-state index in [0.717, 1.165) is 21.9 Å². The Hall–Kier alpha value is -3.18. The van der Waals surface area contributed by atoms with Gasteiger partial charge in [-0.15, -0.1) is 0 Å². The molecule has 0 aliphatic carbocycles. The molecule has 0 radical (unpaired) electrons. The summed E-state index contributed by atoms with van der Waals surface area (Å²) in [6, 6.07) is 11.0. The monoisotopic (exact) mass is 438 g/mol. The Morgan fingerprint density at radius 2 is 1.93 bits per heavy atom. The summed E-state index contributed by atoms with van der Waals surface area (Å²) in [4.78, 5) is 11.8. The molecule has 1 amide bonds. The molecule has 3 aromatic rings. The number of amides is 1. The second kappa shape index (κ2) is 7.92. The van der Waals surface area contributed by atoms with E-state index in [2.05, 4.69) is 10.4 Å². The summed E-state index contributed by atoms with van der Waals surface area (Å²) in [6.07, 6.45) is -3.35. The maximum Gasteiger partial charge on any atom is 0.419 e. The molecule has 0 unspecified atom stereocenters. The summed E-state index contributed by atoms with van der Waals surface area (Å²) in [5.74, 6) is -0.396. The predicted molar refractivity (Wildman–Crippen MR) is 103 cm³/mol. The van der Waals surface area contributed by atoms with Crippen molar-refractivity contribution in [1.82, 2.24) is 9.78 Å². The molecule has 1 heterocycles. The number of aryl methyl sites for hydroxylation is 1. The van der Waals surface area contributed by atoms with Gasteiger partial charge in [-0.1, -0.05) is 29.8 Å². The van der Waals surface area contributed by atoms with E-state index in [-0.39, 0.29) is 17.8 Å². The minimum atomic E-state index is -4.64. The normalized spacial score (nSPS) is 12.0. The Balaban J connectivity index is 1.90. The molecule has 0 saturated heterocycles. The highest BCUT2D eigenvalue weighted by molar-refractivity contribution is 7.89. The van der Waals surface area contributed by atoms with E-state index in [1.165, 1.54) is 12.1 Å². The number of benzene rings is 2. The number of nitrogens with two attached hydrogens (primary N) is 1. The first-order valence-corrected chi connectivity index (χ1v) is 10.1. The van der Waals surface area contributed by atoms with E-state index in [1.807, 2.05) is 25.1 Å². The van der Waals surface area contributed by atoms with Crippen LogP contribution in [0.15, 0.2) is 59.8 Å². The fourth-order valence-corrected chi connectivity index (χ4v) is 3.57. The number of hydrogen-bond donors (Lipinski definition) is 2. The van der Waals surface area contributed by atoms with Gasteiger partial charge >= 0.3 is 6.18 Å². The molecule has 2 aromatic carbocycles. The SMILES string of the molecule is Cc1cccc(CC(=O)Nc2ccc(-n3cc(C(F)(F)F)cn3)c(S(N)(=O)=O)c2)c1. The summed E-state index contributed by atoms with van der Waals surface area (Å²) >= 11 is 0. The first kappa shape index (κ1) is 21.5. The van der Waals surface area contributed by atoms with Gasteiger partial charge < -0.3 is 5.32 Å². The summed E-state index contributed by atoms with van der Waals surface area (Å²) in [6.45, 7) is 1.89. The number of nitrogens with one attached hydrogen (secondary N) is 1. The van der Waals surface area contributed by atoms with Crippen LogP contribution in [-0.2, 0) is 27.4 Å². The lowest BCUT2D eigenvalue weighted by atomic mass is 10.1. The van der Waals surface area contributed by atoms with E-state index < -0.39 is 32.6 Å². The molecule has 0 atom stereocenters. The van der Waals surface area contributed by atoms with Crippen molar-refractivity contribution in [2.75, 3.05) is 5.32 Å². The standard InChI is InChI=1S/C19H17F3N4O3S/c1-12-3-2-4-13(7-12)8-18(27)25-15-5-6-16(17(9-15)30(23,28)29)26-11-14(10-24-26)19(20,21)22/h2-7,9-11H,8H2,1H3,(H,25,27)(H2,23,28,29). The largest absolute Gasteiger partial charge is 0.419 e. The van der Waals surface area contributed by atoms with Crippen molar-refractivity contribution in [3.05, 3.63) is 71.5 Å². The molecular weight excluding hydrogens is 421 g/mol. The Bertz CT molecular complexity index is 1200. The number of sulfonamides is 1. The van der Waals surface area contributed by atoms with Crippen LogP contribution in [0.1, 0.15) is 16.7 Å². The second-order valence-electron chi connectivity index (χ2n) is 6.61. The first-order valence-electron chi connectivity index (χ1n) is 8.58. The van der Waals surface area contributed by atoms with Crippen LogP contribution in [0.2, 0.25) is 0 Å². The van der Waals surface area contributed by atoms with Crippen LogP contribution in [0.5, 0.6) is 0 Å². The van der Waals surface area contributed by atoms with E-state index in [0.29, 0.717) is 12.4 Å². The molecule has 7 nitrogen and oxygen atoms in total. The van der Waals surface area contributed by atoms with E-state index in [9.17, 15) is 26.4 Å². The second-order valence-corrected chi connectivity index (χ2v) is 8.14. The summed E-state index contributed by atoms with van der Waals surface area (Å²) in [5.41, 5.74) is 0.664. The van der Waals surface area contributed by atoms with Gasteiger partial charge in [-0.3, -0.25) is 4.79 Å². The van der Waals surface area contributed by atoms with Crippen LogP contribution in [0.25, 0.3) is 5.69 Å². The third kappa shape index (κ3) is 5.05. The van der Waals surface area contributed by atoms with E-state index in [1.54, 1.807) is 6.07 Å². The molecule has 0 saturated carbocycles. The first-order chi connectivity index (χ1) is 13.9. The van der Waals surface area contributed by atoms with Crippen molar-refractivity contribution in [3.63, 3.8) is 0 Å². The third-order valence-corrected chi connectivity index (χ3v) is 5.09. The molecule has 11 heteroatoms. The van der Waals surface area contributed by atoms with Gasteiger partial charge in [0.2, 0.25) is 15.9 Å². The fraction of sp³-hybridized carbons (Fsp3) is 0.158. The van der Waals surface area contributed by atoms with Crippen LogP contribution in [-0.4, -0.2) is 24.1 Å². The Morgan fingerprint density at radius 3 is 2.53 bits per heavy atom. The number of nitrogens with zero attached hydrogens (tertiary/aromatic N) is 2. The highest BCUT2D eigenvalue weighted by Gasteiger charge is 2.32. The van der Waals surface area contributed by atoms with E-state index in [4.69, 9.17) is 5.14 Å². The number of anilines is 1. The molecule has 1 aromatic heterocycles. The minimum absolute atomic E-state index is 0.0578. The quantitative estimate of drug-likeness (QED) is 0.639.